The van der Waals surface area contributed by atoms with Crippen LogP contribution < -0.4 is 15.0 Å². The number of rotatable bonds is 5. The minimum atomic E-state index is -0.143. The number of aryl methyl sites for hydroxylation is 1. The lowest BCUT2D eigenvalue weighted by Crippen LogP contribution is -2.33. The third-order valence-electron chi connectivity index (χ3n) is 5.43. The summed E-state index contributed by atoms with van der Waals surface area (Å²) >= 11 is 1.42. The van der Waals surface area contributed by atoms with Crippen molar-refractivity contribution in [2.75, 3.05) is 29.9 Å². The number of para-hydroxylation sites is 2. The Kier molecular flexibility index (Phi) is 5.67. The summed E-state index contributed by atoms with van der Waals surface area (Å²) in [7, 11) is 0. The van der Waals surface area contributed by atoms with Gasteiger partial charge in [-0.3, -0.25) is 4.79 Å². The maximum atomic E-state index is 13.1. The molecule has 0 atom stereocenters. The Labute approximate surface area is 174 Å². The van der Waals surface area contributed by atoms with Gasteiger partial charge in [0.2, 0.25) is 0 Å². The van der Waals surface area contributed by atoms with Gasteiger partial charge in [-0.15, -0.1) is 11.3 Å². The van der Waals surface area contributed by atoms with E-state index in [1.54, 1.807) is 6.33 Å². The van der Waals surface area contributed by atoms with Gasteiger partial charge in [0.1, 0.15) is 22.7 Å². The molecular formula is C22H26N4O2S. The highest BCUT2D eigenvalue weighted by Crippen LogP contribution is 2.37. The van der Waals surface area contributed by atoms with Crippen molar-refractivity contribution in [1.82, 2.24) is 9.97 Å². The molecule has 1 saturated heterocycles. The second kappa shape index (κ2) is 8.37. The van der Waals surface area contributed by atoms with Crippen LogP contribution in [0.15, 0.2) is 30.6 Å². The van der Waals surface area contributed by atoms with Crippen molar-refractivity contribution < 1.29 is 9.53 Å². The standard InChI is InChI=1S/C22H26N4O2S/c1-4-28-17-8-6-5-7-16(17)25-21(27)19-15(3)18-20(23-13-24-22(18)29-19)26-11-9-14(2)10-12-26/h5-8,13-14H,4,9-12H2,1-3H3,(H,25,27). The van der Waals surface area contributed by atoms with E-state index in [-0.39, 0.29) is 5.91 Å². The van der Waals surface area contributed by atoms with Crippen molar-refractivity contribution in [3.63, 3.8) is 0 Å². The van der Waals surface area contributed by atoms with E-state index in [9.17, 15) is 4.79 Å². The first kappa shape index (κ1) is 19.6. The van der Waals surface area contributed by atoms with Gasteiger partial charge in [0, 0.05) is 13.1 Å². The quantitative estimate of drug-likeness (QED) is 0.649. The molecule has 29 heavy (non-hydrogen) atoms. The Morgan fingerprint density at radius 3 is 2.79 bits per heavy atom. The molecule has 2 aromatic heterocycles. The molecule has 0 aliphatic carbocycles. The smallest absolute Gasteiger partial charge is 0.266 e. The van der Waals surface area contributed by atoms with E-state index in [0.29, 0.717) is 22.9 Å². The summed E-state index contributed by atoms with van der Waals surface area (Å²) in [5.74, 6) is 2.23. The molecule has 7 heteroatoms. The molecule has 1 aliphatic heterocycles. The second-order valence-electron chi connectivity index (χ2n) is 7.49. The lowest BCUT2D eigenvalue weighted by molar-refractivity contribution is 0.102. The number of benzene rings is 1. The number of hydrogen-bond donors (Lipinski definition) is 1. The third-order valence-corrected chi connectivity index (χ3v) is 6.63. The third kappa shape index (κ3) is 3.92. The molecule has 1 aliphatic rings. The summed E-state index contributed by atoms with van der Waals surface area (Å²) < 4.78 is 5.63. The van der Waals surface area contributed by atoms with Crippen molar-refractivity contribution in [3.8, 4) is 5.75 Å². The van der Waals surface area contributed by atoms with Crippen LogP contribution in [0.2, 0.25) is 0 Å². The van der Waals surface area contributed by atoms with Crippen molar-refractivity contribution in [1.29, 1.82) is 0 Å². The lowest BCUT2D eigenvalue weighted by Gasteiger charge is -2.31. The average Bonchev–Trinajstić information content (AvgIpc) is 3.07. The number of carbonyl (C=O) groups excluding carboxylic acids is 1. The molecule has 1 fully saturated rings. The molecule has 0 spiro atoms. The molecule has 152 valence electrons. The minimum Gasteiger partial charge on any atom is -0.492 e. The molecule has 6 nitrogen and oxygen atoms in total. The Balaban J connectivity index is 1.66. The molecule has 3 heterocycles. The van der Waals surface area contributed by atoms with E-state index in [4.69, 9.17) is 4.74 Å². The summed E-state index contributed by atoms with van der Waals surface area (Å²) in [4.78, 5) is 26.0. The number of nitrogens with one attached hydrogen (secondary N) is 1. The maximum absolute atomic E-state index is 13.1. The highest BCUT2D eigenvalue weighted by molar-refractivity contribution is 7.20. The first-order valence-electron chi connectivity index (χ1n) is 10.1. The van der Waals surface area contributed by atoms with Crippen LogP contribution in [0.3, 0.4) is 0 Å². The Morgan fingerprint density at radius 1 is 1.28 bits per heavy atom. The predicted octanol–water partition coefficient (Wildman–Crippen LogP) is 4.89. The first-order chi connectivity index (χ1) is 14.1. The molecule has 1 amide bonds. The van der Waals surface area contributed by atoms with E-state index < -0.39 is 0 Å². The molecular weight excluding hydrogens is 384 g/mol. The fourth-order valence-corrected chi connectivity index (χ4v) is 4.80. The largest absolute Gasteiger partial charge is 0.492 e. The van der Waals surface area contributed by atoms with Crippen LogP contribution in [0.25, 0.3) is 10.2 Å². The van der Waals surface area contributed by atoms with E-state index in [0.717, 1.165) is 53.4 Å². The maximum Gasteiger partial charge on any atom is 0.266 e. The molecule has 0 unspecified atom stereocenters. The van der Waals surface area contributed by atoms with Crippen molar-refractivity contribution >= 4 is 39.0 Å². The summed E-state index contributed by atoms with van der Waals surface area (Å²) in [6.07, 6.45) is 3.93. The van der Waals surface area contributed by atoms with Crippen LogP contribution in [-0.2, 0) is 0 Å². The van der Waals surface area contributed by atoms with Gasteiger partial charge >= 0.3 is 0 Å². The number of ether oxygens (including phenoxy) is 1. The van der Waals surface area contributed by atoms with E-state index >= 15 is 0 Å². The fourth-order valence-electron chi connectivity index (χ4n) is 3.76. The Bertz CT molecular complexity index is 1020. The molecule has 1 N–H and O–H groups in total. The van der Waals surface area contributed by atoms with E-state index in [1.807, 2.05) is 38.1 Å². The number of carbonyl (C=O) groups is 1. The SMILES string of the molecule is CCOc1ccccc1NC(=O)c1sc2ncnc(N3CCC(C)CC3)c2c1C. The lowest BCUT2D eigenvalue weighted by atomic mass is 9.99. The summed E-state index contributed by atoms with van der Waals surface area (Å²) in [6, 6.07) is 7.49. The monoisotopic (exact) mass is 410 g/mol. The Hall–Kier alpha value is -2.67. The number of anilines is 2. The van der Waals surface area contributed by atoms with Crippen LogP contribution in [0.5, 0.6) is 5.75 Å². The van der Waals surface area contributed by atoms with Gasteiger partial charge in [0.15, 0.2) is 0 Å². The van der Waals surface area contributed by atoms with Crippen LogP contribution >= 0.6 is 11.3 Å². The summed E-state index contributed by atoms with van der Waals surface area (Å²) in [6.45, 7) is 8.74. The van der Waals surface area contributed by atoms with Gasteiger partial charge in [-0.2, -0.15) is 0 Å². The highest BCUT2D eigenvalue weighted by Gasteiger charge is 2.24. The minimum absolute atomic E-state index is 0.143. The zero-order valence-corrected chi connectivity index (χ0v) is 17.9. The first-order valence-corrected chi connectivity index (χ1v) is 10.9. The van der Waals surface area contributed by atoms with Gasteiger partial charge in [0.05, 0.1) is 22.6 Å². The number of thiophene rings is 1. The van der Waals surface area contributed by atoms with Crippen molar-refractivity contribution in [3.05, 3.63) is 41.0 Å². The summed E-state index contributed by atoms with van der Waals surface area (Å²) in [5, 5.41) is 4.00. The molecule has 0 radical (unpaired) electrons. The van der Waals surface area contributed by atoms with Crippen LogP contribution in [0.4, 0.5) is 11.5 Å². The number of nitrogens with zero attached hydrogens (tertiary/aromatic N) is 3. The molecule has 1 aromatic carbocycles. The number of amides is 1. The molecule has 0 bridgehead atoms. The van der Waals surface area contributed by atoms with Crippen molar-refractivity contribution in [2.24, 2.45) is 5.92 Å². The average molecular weight is 411 g/mol. The number of fused-ring (bicyclic) bond motifs is 1. The zero-order chi connectivity index (χ0) is 20.4. The normalized spacial score (nSPS) is 14.9. The van der Waals surface area contributed by atoms with Crippen LogP contribution in [-0.4, -0.2) is 35.6 Å². The van der Waals surface area contributed by atoms with Crippen LogP contribution in [0.1, 0.15) is 41.9 Å². The second-order valence-corrected chi connectivity index (χ2v) is 8.49. The molecule has 4 rings (SSSR count). The van der Waals surface area contributed by atoms with Gasteiger partial charge in [-0.05, 0) is 50.3 Å². The van der Waals surface area contributed by atoms with Crippen LogP contribution in [0, 0.1) is 12.8 Å². The van der Waals surface area contributed by atoms with Gasteiger partial charge in [0.25, 0.3) is 5.91 Å². The Morgan fingerprint density at radius 2 is 2.03 bits per heavy atom. The summed E-state index contributed by atoms with van der Waals surface area (Å²) in [5.41, 5.74) is 1.61. The zero-order valence-electron chi connectivity index (χ0n) is 17.1. The van der Waals surface area contributed by atoms with Crippen molar-refractivity contribution in [2.45, 2.75) is 33.6 Å². The van der Waals surface area contributed by atoms with E-state index in [2.05, 4.69) is 27.1 Å². The fraction of sp³-hybridized carbons (Fsp3) is 0.409. The predicted molar refractivity (Wildman–Crippen MR) is 118 cm³/mol. The van der Waals surface area contributed by atoms with Gasteiger partial charge in [-0.1, -0.05) is 19.1 Å². The van der Waals surface area contributed by atoms with E-state index in [1.165, 1.54) is 11.3 Å². The molecule has 0 saturated carbocycles. The highest BCUT2D eigenvalue weighted by atomic mass is 32.1. The topological polar surface area (TPSA) is 67.3 Å². The molecule has 3 aromatic rings. The number of piperidine rings is 1. The van der Waals surface area contributed by atoms with Gasteiger partial charge < -0.3 is 15.0 Å². The number of hydrogen-bond acceptors (Lipinski definition) is 6. The number of aromatic nitrogens is 2. The van der Waals surface area contributed by atoms with Gasteiger partial charge in [-0.25, -0.2) is 9.97 Å².